The summed E-state index contributed by atoms with van der Waals surface area (Å²) in [7, 11) is 0. The first-order chi connectivity index (χ1) is 9.19. The summed E-state index contributed by atoms with van der Waals surface area (Å²) in [5.74, 6) is 2.84. The smallest absolute Gasteiger partial charge is 0.123 e. The van der Waals surface area contributed by atoms with E-state index in [9.17, 15) is 0 Å². The van der Waals surface area contributed by atoms with Crippen molar-refractivity contribution in [2.75, 3.05) is 0 Å². The molecule has 3 heteroatoms. The number of H-pyrrole nitrogens is 1. The third kappa shape index (κ3) is 4.34. The van der Waals surface area contributed by atoms with Gasteiger partial charge < -0.3 is 10.3 Å². The lowest BCUT2D eigenvalue weighted by atomic mass is 9.81. The second-order valence-electron chi connectivity index (χ2n) is 6.46. The molecule has 0 bridgehead atoms. The minimum absolute atomic E-state index is 0.387. The summed E-state index contributed by atoms with van der Waals surface area (Å²) in [6.07, 6.45) is 11.7. The van der Waals surface area contributed by atoms with E-state index >= 15 is 0 Å². The van der Waals surface area contributed by atoms with E-state index in [1.807, 2.05) is 12.4 Å². The predicted octanol–water partition coefficient (Wildman–Crippen LogP) is 4.06. The van der Waals surface area contributed by atoms with Crippen molar-refractivity contribution >= 4 is 0 Å². The quantitative estimate of drug-likeness (QED) is 0.812. The van der Waals surface area contributed by atoms with Gasteiger partial charge in [0.2, 0.25) is 0 Å². The topological polar surface area (TPSA) is 40.7 Å². The molecule has 0 aliphatic heterocycles. The molecule has 3 nitrogen and oxygen atoms in total. The van der Waals surface area contributed by atoms with E-state index in [0.717, 1.165) is 24.1 Å². The highest BCUT2D eigenvalue weighted by atomic mass is 15.0. The monoisotopic (exact) mass is 263 g/mol. The first-order valence-electron chi connectivity index (χ1n) is 7.94. The van der Waals surface area contributed by atoms with E-state index in [-0.39, 0.29) is 0 Å². The number of rotatable bonds is 6. The zero-order valence-electron chi connectivity index (χ0n) is 12.7. The van der Waals surface area contributed by atoms with Crippen LogP contribution >= 0.6 is 0 Å². The summed E-state index contributed by atoms with van der Waals surface area (Å²) in [5.41, 5.74) is 0. The number of aromatic nitrogens is 2. The van der Waals surface area contributed by atoms with E-state index in [2.05, 4.69) is 36.1 Å². The number of hydrogen-bond donors (Lipinski definition) is 2. The van der Waals surface area contributed by atoms with Gasteiger partial charge in [-0.2, -0.15) is 0 Å². The molecule has 3 unspecified atom stereocenters. The maximum Gasteiger partial charge on any atom is 0.123 e. The molecule has 0 aromatic carbocycles. The van der Waals surface area contributed by atoms with Gasteiger partial charge in [-0.15, -0.1) is 0 Å². The van der Waals surface area contributed by atoms with Gasteiger partial charge in [-0.05, 0) is 37.5 Å². The van der Waals surface area contributed by atoms with Crippen LogP contribution in [0, 0.1) is 11.8 Å². The van der Waals surface area contributed by atoms with E-state index in [0.29, 0.717) is 12.1 Å². The highest BCUT2D eigenvalue weighted by Gasteiger charge is 2.25. The summed E-state index contributed by atoms with van der Waals surface area (Å²) in [5, 5.41) is 3.82. The standard InChI is InChI=1S/C16H29N3/c1-4-15(16-17-8-9-18-16)19-14-7-5-6-13(11-14)10-12(2)3/h8-9,12-15,19H,4-7,10-11H2,1-3H3,(H,17,18). The molecule has 3 atom stereocenters. The first kappa shape index (κ1) is 14.6. The second-order valence-corrected chi connectivity index (χ2v) is 6.46. The van der Waals surface area contributed by atoms with Gasteiger partial charge in [0.1, 0.15) is 5.82 Å². The van der Waals surface area contributed by atoms with Crippen LogP contribution in [0.4, 0.5) is 0 Å². The Hall–Kier alpha value is -0.830. The van der Waals surface area contributed by atoms with Crippen LogP contribution in [0.5, 0.6) is 0 Å². The Balaban J connectivity index is 1.87. The van der Waals surface area contributed by atoms with Crippen molar-refractivity contribution in [1.82, 2.24) is 15.3 Å². The molecule has 108 valence electrons. The molecular formula is C16H29N3. The van der Waals surface area contributed by atoms with Crippen molar-refractivity contribution < 1.29 is 0 Å². The molecule has 2 rings (SSSR count). The number of nitrogens with one attached hydrogen (secondary N) is 2. The van der Waals surface area contributed by atoms with Crippen LogP contribution in [0.2, 0.25) is 0 Å². The van der Waals surface area contributed by atoms with Gasteiger partial charge in [-0.25, -0.2) is 4.98 Å². The van der Waals surface area contributed by atoms with Crippen molar-refractivity contribution in [3.05, 3.63) is 18.2 Å². The lowest BCUT2D eigenvalue weighted by molar-refractivity contribution is 0.236. The molecule has 1 aliphatic carbocycles. The maximum atomic E-state index is 4.40. The minimum atomic E-state index is 0.387. The summed E-state index contributed by atoms with van der Waals surface area (Å²) in [6.45, 7) is 6.91. The first-order valence-corrected chi connectivity index (χ1v) is 7.94. The molecule has 1 saturated carbocycles. The number of aromatic amines is 1. The van der Waals surface area contributed by atoms with E-state index in [1.54, 1.807) is 0 Å². The molecule has 1 aromatic heterocycles. The Morgan fingerprint density at radius 1 is 1.42 bits per heavy atom. The van der Waals surface area contributed by atoms with Gasteiger partial charge in [0.05, 0.1) is 6.04 Å². The number of imidazole rings is 1. The fourth-order valence-electron chi connectivity index (χ4n) is 3.47. The lowest BCUT2D eigenvalue weighted by Crippen LogP contribution is -2.37. The van der Waals surface area contributed by atoms with Crippen molar-refractivity contribution in [2.45, 2.75) is 71.4 Å². The third-order valence-corrected chi connectivity index (χ3v) is 4.28. The Morgan fingerprint density at radius 3 is 2.89 bits per heavy atom. The fourth-order valence-corrected chi connectivity index (χ4v) is 3.47. The van der Waals surface area contributed by atoms with Crippen molar-refractivity contribution in [2.24, 2.45) is 11.8 Å². The molecule has 0 spiro atoms. The van der Waals surface area contributed by atoms with Crippen LogP contribution < -0.4 is 5.32 Å². The predicted molar refractivity (Wildman–Crippen MR) is 80.0 cm³/mol. The molecule has 0 amide bonds. The largest absolute Gasteiger partial charge is 0.347 e. The summed E-state index contributed by atoms with van der Waals surface area (Å²) in [4.78, 5) is 7.65. The van der Waals surface area contributed by atoms with Gasteiger partial charge in [0.15, 0.2) is 0 Å². The average Bonchev–Trinajstić information content (AvgIpc) is 2.89. The fraction of sp³-hybridized carbons (Fsp3) is 0.812. The second kappa shape index (κ2) is 7.09. The van der Waals surface area contributed by atoms with Gasteiger partial charge in [-0.1, -0.05) is 33.6 Å². The molecule has 1 heterocycles. The molecule has 1 aromatic rings. The van der Waals surface area contributed by atoms with Gasteiger partial charge in [0.25, 0.3) is 0 Å². The van der Waals surface area contributed by atoms with Crippen molar-refractivity contribution in [3.8, 4) is 0 Å². The normalized spacial score (nSPS) is 25.7. The van der Waals surface area contributed by atoms with Gasteiger partial charge in [-0.3, -0.25) is 0 Å². The van der Waals surface area contributed by atoms with Gasteiger partial charge in [0, 0.05) is 18.4 Å². The molecule has 19 heavy (non-hydrogen) atoms. The van der Waals surface area contributed by atoms with Crippen LogP contribution in [-0.2, 0) is 0 Å². The molecule has 0 radical (unpaired) electrons. The maximum absolute atomic E-state index is 4.40. The molecule has 1 fully saturated rings. The van der Waals surface area contributed by atoms with Crippen LogP contribution in [-0.4, -0.2) is 16.0 Å². The summed E-state index contributed by atoms with van der Waals surface area (Å²) < 4.78 is 0. The third-order valence-electron chi connectivity index (χ3n) is 4.28. The molecule has 0 saturated heterocycles. The lowest BCUT2D eigenvalue weighted by Gasteiger charge is -2.33. The van der Waals surface area contributed by atoms with E-state index < -0.39 is 0 Å². The average molecular weight is 263 g/mol. The number of nitrogens with zero attached hydrogens (tertiary/aromatic N) is 1. The zero-order chi connectivity index (χ0) is 13.7. The van der Waals surface area contributed by atoms with Crippen LogP contribution in [0.1, 0.15) is 71.2 Å². The van der Waals surface area contributed by atoms with Crippen molar-refractivity contribution in [3.63, 3.8) is 0 Å². The van der Waals surface area contributed by atoms with Crippen LogP contribution in [0.15, 0.2) is 12.4 Å². The number of hydrogen-bond acceptors (Lipinski definition) is 2. The highest BCUT2D eigenvalue weighted by Crippen LogP contribution is 2.30. The van der Waals surface area contributed by atoms with Crippen LogP contribution in [0.3, 0.4) is 0 Å². The Labute approximate surface area is 117 Å². The molecule has 2 N–H and O–H groups in total. The molecular weight excluding hydrogens is 234 g/mol. The Bertz CT molecular complexity index is 345. The summed E-state index contributed by atoms with van der Waals surface area (Å²) >= 11 is 0. The molecule has 1 aliphatic rings. The zero-order valence-corrected chi connectivity index (χ0v) is 12.7. The Kier molecular flexibility index (Phi) is 5.44. The highest BCUT2D eigenvalue weighted by molar-refractivity contribution is 4.96. The van der Waals surface area contributed by atoms with Crippen LogP contribution in [0.25, 0.3) is 0 Å². The van der Waals surface area contributed by atoms with Crippen molar-refractivity contribution in [1.29, 1.82) is 0 Å². The van der Waals surface area contributed by atoms with Gasteiger partial charge >= 0.3 is 0 Å². The minimum Gasteiger partial charge on any atom is -0.347 e. The SMILES string of the molecule is CCC(NC1CCCC(CC(C)C)C1)c1ncc[nH]1. The summed E-state index contributed by atoms with van der Waals surface area (Å²) in [6, 6.07) is 1.06. The van der Waals surface area contributed by atoms with E-state index in [4.69, 9.17) is 0 Å². The Morgan fingerprint density at radius 2 is 2.26 bits per heavy atom. The van der Waals surface area contributed by atoms with E-state index in [1.165, 1.54) is 32.1 Å².